The van der Waals surface area contributed by atoms with E-state index in [0.717, 1.165) is 24.2 Å². The summed E-state index contributed by atoms with van der Waals surface area (Å²) in [5.41, 5.74) is 2.02. The third-order valence-corrected chi connectivity index (χ3v) is 6.70. The van der Waals surface area contributed by atoms with E-state index in [1.54, 1.807) is 21.7 Å². The van der Waals surface area contributed by atoms with Crippen LogP contribution in [0.1, 0.15) is 45.2 Å². The number of anilines is 1. The Morgan fingerprint density at radius 3 is 2.64 bits per heavy atom. The van der Waals surface area contributed by atoms with Crippen LogP contribution in [0.3, 0.4) is 0 Å². The Kier molecular flexibility index (Phi) is 8.87. The molecular formula is C25H33N5O5S. The molecule has 3 heterocycles. The average Bonchev–Trinajstić information content (AvgIpc) is 3.29. The molecule has 0 radical (unpaired) electrons. The minimum Gasteiger partial charge on any atom is -0.484 e. The van der Waals surface area contributed by atoms with Gasteiger partial charge in [0.15, 0.2) is 6.61 Å². The molecule has 2 aromatic rings. The molecular weight excluding hydrogens is 482 g/mol. The zero-order valence-corrected chi connectivity index (χ0v) is 21.8. The van der Waals surface area contributed by atoms with Crippen LogP contribution in [-0.4, -0.2) is 76.8 Å². The third-order valence-electron chi connectivity index (χ3n) is 5.98. The monoisotopic (exact) mass is 515 g/mol. The van der Waals surface area contributed by atoms with Crippen molar-refractivity contribution in [2.24, 2.45) is 0 Å². The minimum absolute atomic E-state index is 0.0362. The molecule has 1 fully saturated rings. The summed E-state index contributed by atoms with van der Waals surface area (Å²) in [5, 5.41) is 8.52. The zero-order chi connectivity index (χ0) is 25.5. The van der Waals surface area contributed by atoms with E-state index < -0.39 is 6.04 Å². The molecule has 1 aromatic carbocycles. The number of allylic oxidation sites excluding steroid dienone is 1. The number of unbranched alkanes of at least 4 members (excludes halogenated alkanes) is 1. The highest BCUT2D eigenvalue weighted by atomic mass is 32.2. The van der Waals surface area contributed by atoms with Crippen molar-refractivity contribution < 1.29 is 23.8 Å². The number of ether oxygens (including phenoxy) is 3. The molecule has 36 heavy (non-hydrogen) atoms. The number of aromatic nitrogens is 3. The van der Waals surface area contributed by atoms with E-state index in [1.807, 2.05) is 26.0 Å². The summed E-state index contributed by atoms with van der Waals surface area (Å²) in [6.07, 6.45) is 1.74. The maximum Gasteiger partial charge on any atom is 0.338 e. The predicted octanol–water partition coefficient (Wildman–Crippen LogP) is 3.26. The highest BCUT2D eigenvalue weighted by Crippen LogP contribution is 2.37. The normalized spacial score (nSPS) is 17.4. The summed E-state index contributed by atoms with van der Waals surface area (Å²) in [6.45, 7) is 8.54. The number of hydrogen-bond donors (Lipinski definition) is 1. The first-order valence-electron chi connectivity index (χ1n) is 12.3. The summed E-state index contributed by atoms with van der Waals surface area (Å²) in [7, 11) is 0. The fourth-order valence-corrected chi connectivity index (χ4v) is 4.63. The van der Waals surface area contributed by atoms with Crippen molar-refractivity contribution in [3.8, 4) is 5.75 Å². The molecule has 0 saturated carbocycles. The van der Waals surface area contributed by atoms with Gasteiger partial charge in [0.1, 0.15) is 11.8 Å². The van der Waals surface area contributed by atoms with E-state index >= 15 is 0 Å². The molecule has 1 unspecified atom stereocenters. The van der Waals surface area contributed by atoms with Crippen molar-refractivity contribution in [3.05, 3.63) is 41.1 Å². The molecule has 10 nitrogen and oxygen atoms in total. The average molecular weight is 516 g/mol. The second kappa shape index (κ2) is 12.3. The number of morpholine rings is 1. The first-order valence-corrected chi connectivity index (χ1v) is 13.3. The van der Waals surface area contributed by atoms with Gasteiger partial charge in [-0.2, -0.15) is 4.98 Å². The lowest BCUT2D eigenvalue weighted by molar-refractivity contribution is -0.140. The number of carbonyl (C=O) groups excluding carboxylic acids is 2. The van der Waals surface area contributed by atoms with Crippen LogP contribution in [0.4, 0.5) is 5.95 Å². The number of amides is 1. The second-order valence-electron chi connectivity index (χ2n) is 8.50. The molecule has 4 rings (SSSR count). The van der Waals surface area contributed by atoms with Gasteiger partial charge in [-0.15, -0.1) is 5.10 Å². The highest BCUT2D eigenvalue weighted by Gasteiger charge is 2.35. The molecule has 2 aliphatic rings. The number of rotatable bonds is 10. The van der Waals surface area contributed by atoms with Gasteiger partial charge < -0.3 is 24.4 Å². The number of hydrogen-bond acceptors (Lipinski definition) is 9. The number of fused-ring (bicyclic) bond motifs is 1. The zero-order valence-electron chi connectivity index (χ0n) is 21.0. The quantitative estimate of drug-likeness (QED) is 0.290. The summed E-state index contributed by atoms with van der Waals surface area (Å²) in [5.74, 6) is 1.55. The number of nitrogens with one attached hydrogen (secondary N) is 1. The fourth-order valence-electron chi connectivity index (χ4n) is 4.08. The SMILES string of the molecule is CCCCOC(=O)C1=C(C)Nc2nc(SCC)nn2C1c1ccc(OCC(=O)N2CCOCC2)cc1. The first kappa shape index (κ1) is 26.0. The Morgan fingerprint density at radius 2 is 1.94 bits per heavy atom. The molecule has 0 spiro atoms. The van der Waals surface area contributed by atoms with Crippen molar-refractivity contribution >= 4 is 29.6 Å². The van der Waals surface area contributed by atoms with Gasteiger partial charge in [0.25, 0.3) is 5.91 Å². The Balaban J connectivity index is 1.55. The van der Waals surface area contributed by atoms with Crippen LogP contribution in [-0.2, 0) is 19.1 Å². The Hall–Kier alpha value is -3.05. The molecule has 0 bridgehead atoms. The number of benzene rings is 1. The standard InChI is InChI=1S/C25H33N5O5S/c1-4-6-13-34-23(32)21-17(3)26-24-27-25(36-5-2)28-30(24)22(21)18-7-9-19(10-8-18)35-16-20(31)29-11-14-33-15-12-29/h7-10,22H,4-6,11-16H2,1-3H3,(H,26,27,28). The van der Waals surface area contributed by atoms with E-state index in [-0.39, 0.29) is 18.5 Å². The van der Waals surface area contributed by atoms with Crippen LogP contribution in [0.25, 0.3) is 0 Å². The van der Waals surface area contributed by atoms with E-state index in [9.17, 15) is 9.59 Å². The summed E-state index contributed by atoms with van der Waals surface area (Å²) in [6, 6.07) is 6.87. The van der Waals surface area contributed by atoms with Gasteiger partial charge in [0.2, 0.25) is 11.1 Å². The van der Waals surface area contributed by atoms with Gasteiger partial charge >= 0.3 is 5.97 Å². The Morgan fingerprint density at radius 1 is 1.19 bits per heavy atom. The highest BCUT2D eigenvalue weighted by molar-refractivity contribution is 7.99. The van der Waals surface area contributed by atoms with Crippen LogP contribution in [0, 0.1) is 0 Å². The molecule has 11 heteroatoms. The minimum atomic E-state index is -0.502. The van der Waals surface area contributed by atoms with Gasteiger partial charge in [0.05, 0.1) is 25.4 Å². The predicted molar refractivity (Wildman–Crippen MR) is 136 cm³/mol. The van der Waals surface area contributed by atoms with Gasteiger partial charge in [-0.3, -0.25) is 4.79 Å². The largest absolute Gasteiger partial charge is 0.484 e. The lowest BCUT2D eigenvalue weighted by Crippen LogP contribution is -2.42. The molecule has 1 amide bonds. The van der Waals surface area contributed by atoms with Gasteiger partial charge in [-0.1, -0.05) is 44.2 Å². The van der Waals surface area contributed by atoms with E-state index in [0.29, 0.717) is 61.0 Å². The summed E-state index contributed by atoms with van der Waals surface area (Å²) < 4.78 is 18.4. The summed E-state index contributed by atoms with van der Waals surface area (Å²) in [4.78, 5) is 31.9. The maximum atomic E-state index is 13.1. The molecule has 1 saturated heterocycles. The Bertz CT molecular complexity index is 1090. The maximum absolute atomic E-state index is 13.1. The van der Waals surface area contributed by atoms with Crippen LogP contribution >= 0.6 is 11.8 Å². The van der Waals surface area contributed by atoms with Crippen LogP contribution in [0.2, 0.25) is 0 Å². The van der Waals surface area contributed by atoms with Crippen LogP contribution in [0.15, 0.2) is 40.7 Å². The second-order valence-corrected chi connectivity index (χ2v) is 9.73. The van der Waals surface area contributed by atoms with Gasteiger partial charge in [-0.25, -0.2) is 9.48 Å². The van der Waals surface area contributed by atoms with Crippen molar-refractivity contribution in [3.63, 3.8) is 0 Å². The number of thioether (sulfide) groups is 1. The smallest absolute Gasteiger partial charge is 0.338 e. The molecule has 1 aromatic heterocycles. The van der Waals surface area contributed by atoms with Crippen molar-refractivity contribution in [1.82, 2.24) is 19.7 Å². The number of nitrogens with zero attached hydrogens (tertiary/aromatic N) is 4. The number of carbonyl (C=O) groups is 2. The number of esters is 1. The third kappa shape index (κ3) is 6.01. The van der Waals surface area contributed by atoms with Crippen molar-refractivity contribution in [2.75, 3.05) is 50.6 Å². The van der Waals surface area contributed by atoms with Gasteiger partial charge in [-0.05, 0) is 36.8 Å². The van der Waals surface area contributed by atoms with Gasteiger partial charge in [0, 0.05) is 18.8 Å². The van der Waals surface area contributed by atoms with E-state index in [1.165, 1.54) is 11.8 Å². The lowest BCUT2D eigenvalue weighted by atomic mass is 9.96. The molecule has 194 valence electrons. The molecule has 2 aliphatic heterocycles. The topological polar surface area (TPSA) is 108 Å². The Labute approximate surface area is 215 Å². The molecule has 1 atom stereocenters. The molecule has 0 aliphatic carbocycles. The van der Waals surface area contributed by atoms with Crippen molar-refractivity contribution in [2.45, 2.75) is 44.8 Å². The summed E-state index contributed by atoms with van der Waals surface area (Å²) >= 11 is 1.54. The van der Waals surface area contributed by atoms with E-state index in [4.69, 9.17) is 14.2 Å². The lowest BCUT2D eigenvalue weighted by Gasteiger charge is -2.28. The van der Waals surface area contributed by atoms with E-state index in [2.05, 4.69) is 22.3 Å². The van der Waals surface area contributed by atoms with Crippen LogP contribution in [0.5, 0.6) is 5.75 Å². The van der Waals surface area contributed by atoms with Crippen molar-refractivity contribution in [1.29, 1.82) is 0 Å². The molecule has 1 N–H and O–H groups in total. The fraction of sp³-hybridized carbons (Fsp3) is 0.520. The van der Waals surface area contributed by atoms with Crippen LogP contribution < -0.4 is 10.1 Å². The first-order chi connectivity index (χ1) is 17.5.